The molecule has 0 radical (unpaired) electrons. The van der Waals surface area contributed by atoms with Crippen LogP contribution in [0.4, 0.5) is 11.6 Å². The number of nitrogens with zero attached hydrogens (tertiary/aromatic N) is 3. The number of hydrazine groups is 1. The minimum atomic E-state index is 0.0253. The first-order valence-corrected chi connectivity index (χ1v) is 7.39. The second-order valence-electron chi connectivity index (χ2n) is 5.53. The average molecular weight is 292 g/mol. The number of aryl methyl sites for hydroxylation is 1. The summed E-state index contributed by atoms with van der Waals surface area (Å²) < 4.78 is 0. The molecule has 116 valence electrons. The van der Waals surface area contributed by atoms with Crippen molar-refractivity contribution in [2.45, 2.75) is 45.6 Å². The molecule has 1 heterocycles. The lowest BCUT2D eigenvalue weighted by atomic mass is 10.2. The Hall–Kier alpha value is -1.89. The average Bonchev–Trinajstić information content (AvgIpc) is 3.24. The molecule has 0 bridgehead atoms. The number of likely N-dealkylation sites (N-methyl/N-ethyl adjacent to an activating group) is 1. The summed E-state index contributed by atoms with van der Waals surface area (Å²) >= 11 is 0. The molecule has 1 aliphatic carbocycles. The van der Waals surface area contributed by atoms with Crippen molar-refractivity contribution in [1.82, 2.24) is 15.3 Å². The Morgan fingerprint density at radius 3 is 2.71 bits per heavy atom. The van der Waals surface area contributed by atoms with Crippen LogP contribution in [-0.4, -0.2) is 35.5 Å². The van der Waals surface area contributed by atoms with E-state index in [0.717, 1.165) is 42.9 Å². The van der Waals surface area contributed by atoms with Gasteiger partial charge in [0, 0.05) is 25.1 Å². The number of hydrogen-bond acceptors (Lipinski definition) is 6. The third-order valence-electron chi connectivity index (χ3n) is 3.46. The van der Waals surface area contributed by atoms with Gasteiger partial charge in [0.15, 0.2) is 0 Å². The number of nitrogens with one attached hydrogen (secondary N) is 2. The molecule has 1 amide bonds. The topological polar surface area (TPSA) is 96.2 Å². The lowest BCUT2D eigenvalue weighted by molar-refractivity contribution is -0.119. The number of aromatic nitrogens is 2. The fourth-order valence-corrected chi connectivity index (χ4v) is 2.19. The molecule has 0 saturated heterocycles. The van der Waals surface area contributed by atoms with Crippen LogP contribution in [0.2, 0.25) is 0 Å². The minimum absolute atomic E-state index is 0.0253. The number of carbonyl (C=O) groups excluding carboxylic acids is 1. The summed E-state index contributed by atoms with van der Waals surface area (Å²) in [6.07, 6.45) is 3.91. The molecule has 0 atom stereocenters. The van der Waals surface area contributed by atoms with Crippen molar-refractivity contribution in [2.75, 3.05) is 23.9 Å². The number of carbonyl (C=O) groups is 1. The normalized spacial score (nSPS) is 13.9. The van der Waals surface area contributed by atoms with Crippen molar-refractivity contribution in [2.24, 2.45) is 5.84 Å². The predicted molar refractivity (Wildman–Crippen MR) is 83.0 cm³/mol. The van der Waals surface area contributed by atoms with Crippen molar-refractivity contribution in [1.29, 1.82) is 0 Å². The number of nitrogen functional groups attached to an aromatic ring is 1. The van der Waals surface area contributed by atoms with E-state index in [1.807, 2.05) is 18.9 Å². The molecule has 0 spiro atoms. The quantitative estimate of drug-likeness (QED) is 0.506. The standard InChI is InChI=1S/C14H24N6O/c1-4-5-11-17-13(19-15)9(2)14(18-11)20(3)8-12(21)16-10-6-7-10/h10H,4-8,15H2,1-3H3,(H,16,21)(H,17,18,19). The van der Waals surface area contributed by atoms with Crippen molar-refractivity contribution < 1.29 is 4.79 Å². The second kappa shape index (κ2) is 6.71. The Kier molecular flexibility index (Phi) is 4.95. The molecule has 1 aromatic rings. The van der Waals surface area contributed by atoms with Crippen LogP contribution in [0.3, 0.4) is 0 Å². The van der Waals surface area contributed by atoms with Gasteiger partial charge < -0.3 is 15.6 Å². The van der Waals surface area contributed by atoms with Crippen LogP contribution >= 0.6 is 0 Å². The Morgan fingerprint density at radius 2 is 2.14 bits per heavy atom. The number of hydrogen-bond donors (Lipinski definition) is 3. The van der Waals surface area contributed by atoms with Gasteiger partial charge in [-0.3, -0.25) is 4.79 Å². The Bertz CT molecular complexity index is 514. The van der Waals surface area contributed by atoms with Gasteiger partial charge in [0.25, 0.3) is 0 Å². The van der Waals surface area contributed by atoms with Gasteiger partial charge in [-0.25, -0.2) is 15.8 Å². The first-order valence-electron chi connectivity index (χ1n) is 7.39. The van der Waals surface area contributed by atoms with Crippen LogP contribution in [0.15, 0.2) is 0 Å². The van der Waals surface area contributed by atoms with Crippen LogP contribution < -0.4 is 21.5 Å². The Morgan fingerprint density at radius 1 is 1.43 bits per heavy atom. The summed E-state index contributed by atoms with van der Waals surface area (Å²) in [5.41, 5.74) is 3.45. The van der Waals surface area contributed by atoms with Crippen molar-refractivity contribution in [3.63, 3.8) is 0 Å². The first-order chi connectivity index (χ1) is 10.0. The van der Waals surface area contributed by atoms with E-state index >= 15 is 0 Å². The molecule has 0 aliphatic heterocycles. The summed E-state index contributed by atoms with van der Waals surface area (Å²) in [6.45, 7) is 4.25. The fraction of sp³-hybridized carbons (Fsp3) is 0.643. The van der Waals surface area contributed by atoms with Crippen LogP contribution in [0.5, 0.6) is 0 Å². The molecule has 1 saturated carbocycles. The summed E-state index contributed by atoms with van der Waals surface area (Å²) in [6, 6.07) is 0.370. The van der Waals surface area contributed by atoms with Gasteiger partial charge in [0.2, 0.25) is 5.91 Å². The predicted octanol–water partition coefficient (Wildman–Crippen LogP) is 0.738. The Balaban J connectivity index is 2.14. The van der Waals surface area contributed by atoms with E-state index in [-0.39, 0.29) is 12.5 Å². The monoisotopic (exact) mass is 292 g/mol. The molecule has 0 unspecified atom stereocenters. The maximum Gasteiger partial charge on any atom is 0.239 e. The zero-order chi connectivity index (χ0) is 15.4. The molecular formula is C14H24N6O. The highest BCUT2D eigenvalue weighted by atomic mass is 16.2. The highest BCUT2D eigenvalue weighted by Crippen LogP contribution is 2.23. The van der Waals surface area contributed by atoms with Crippen LogP contribution in [0.1, 0.15) is 37.6 Å². The minimum Gasteiger partial charge on any atom is -0.352 e. The molecular weight excluding hydrogens is 268 g/mol. The zero-order valence-corrected chi connectivity index (χ0v) is 12.9. The molecule has 21 heavy (non-hydrogen) atoms. The highest BCUT2D eigenvalue weighted by Gasteiger charge is 2.24. The van der Waals surface area contributed by atoms with Gasteiger partial charge in [-0.1, -0.05) is 6.92 Å². The van der Waals surface area contributed by atoms with Crippen molar-refractivity contribution in [3.05, 3.63) is 11.4 Å². The zero-order valence-electron chi connectivity index (χ0n) is 12.9. The van der Waals surface area contributed by atoms with Gasteiger partial charge in [-0.2, -0.15) is 0 Å². The molecule has 1 aromatic heterocycles. The number of rotatable bonds is 7. The third-order valence-corrected chi connectivity index (χ3v) is 3.46. The molecule has 7 nitrogen and oxygen atoms in total. The maximum atomic E-state index is 11.9. The highest BCUT2D eigenvalue weighted by molar-refractivity contribution is 5.82. The molecule has 1 fully saturated rings. The van der Waals surface area contributed by atoms with Gasteiger partial charge in [0.1, 0.15) is 17.5 Å². The number of anilines is 2. The van der Waals surface area contributed by atoms with Crippen LogP contribution in [-0.2, 0) is 11.2 Å². The van der Waals surface area contributed by atoms with E-state index in [0.29, 0.717) is 11.9 Å². The van der Waals surface area contributed by atoms with E-state index in [1.165, 1.54) is 0 Å². The van der Waals surface area contributed by atoms with E-state index < -0.39 is 0 Å². The van der Waals surface area contributed by atoms with Gasteiger partial charge in [0.05, 0.1) is 6.54 Å². The first kappa shape index (κ1) is 15.5. The van der Waals surface area contributed by atoms with Gasteiger partial charge in [-0.15, -0.1) is 0 Å². The van der Waals surface area contributed by atoms with Gasteiger partial charge >= 0.3 is 0 Å². The van der Waals surface area contributed by atoms with E-state index in [2.05, 4.69) is 27.6 Å². The summed E-state index contributed by atoms with van der Waals surface area (Å²) in [7, 11) is 1.86. The van der Waals surface area contributed by atoms with Gasteiger partial charge in [-0.05, 0) is 26.2 Å². The molecule has 7 heteroatoms. The fourth-order valence-electron chi connectivity index (χ4n) is 2.19. The Labute approximate surface area is 125 Å². The molecule has 2 rings (SSSR count). The van der Waals surface area contributed by atoms with Crippen LogP contribution in [0.25, 0.3) is 0 Å². The van der Waals surface area contributed by atoms with E-state index in [9.17, 15) is 4.79 Å². The second-order valence-corrected chi connectivity index (χ2v) is 5.53. The number of nitrogens with two attached hydrogens (primary N) is 1. The van der Waals surface area contributed by atoms with E-state index in [1.54, 1.807) is 0 Å². The SMILES string of the molecule is CCCc1nc(NN)c(C)c(N(C)CC(=O)NC2CC2)n1. The van der Waals surface area contributed by atoms with Crippen molar-refractivity contribution in [3.8, 4) is 0 Å². The largest absolute Gasteiger partial charge is 0.352 e. The van der Waals surface area contributed by atoms with Crippen molar-refractivity contribution >= 4 is 17.5 Å². The smallest absolute Gasteiger partial charge is 0.239 e. The van der Waals surface area contributed by atoms with E-state index in [4.69, 9.17) is 5.84 Å². The lowest BCUT2D eigenvalue weighted by Gasteiger charge is -2.21. The number of amides is 1. The molecule has 1 aliphatic rings. The maximum absolute atomic E-state index is 11.9. The summed E-state index contributed by atoms with van der Waals surface area (Å²) in [5, 5.41) is 2.98. The summed E-state index contributed by atoms with van der Waals surface area (Å²) in [5.74, 6) is 7.64. The third kappa shape index (κ3) is 4.04. The lowest BCUT2D eigenvalue weighted by Crippen LogP contribution is -2.37. The molecule has 0 aromatic carbocycles. The molecule has 4 N–H and O–H groups in total. The summed E-state index contributed by atoms with van der Waals surface area (Å²) in [4.78, 5) is 22.7. The van der Waals surface area contributed by atoms with Crippen LogP contribution in [0, 0.1) is 6.92 Å².